The predicted molar refractivity (Wildman–Crippen MR) is 150 cm³/mol. The molecular weight excluding hydrogens is 533 g/mol. The highest BCUT2D eigenvalue weighted by Gasteiger charge is 2.55. The van der Waals surface area contributed by atoms with E-state index in [9.17, 15) is 19.1 Å². The molecule has 0 bridgehead atoms. The number of carboxylic acid groups (broad SMARTS) is 1. The molecule has 0 radical (unpaired) electrons. The zero-order valence-corrected chi connectivity index (χ0v) is 22.9. The van der Waals surface area contributed by atoms with Crippen LogP contribution in [-0.2, 0) is 4.79 Å². The van der Waals surface area contributed by atoms with Crippen LogP contribution in [0.3, 0.4) is 0 Å². The minimum absolute atomic E-state index is 0.00308. The van der Waals surface area contributed by atoms with Crippen molar-refractivity contribution in [2.45, 2.75) is 44.7 Å². The summed E-state index contributed by atoms with van der Waals surface area (Å²) < 4.78 is 21.9. The summed E-state index contributed by atoms with van der Waals surface area (Å²) >= 11 is 6.25. The Morgan fingerprint density at radius 3 is 2.50 bits per heavy atom. The summed E-state index contributed by atoms with van der Waals surface area (Å²) in [7, 11) is 1.52. The number of carboxylic acids is 1. The van der Waals surface area contributed by atoms with Crippen LogP contribution in [-0.4, -0.2) is 39.7 Å². The number of aliphatic carboxylic acids is 1. The molecule has 6 rings (SSSR count). The number of hydrogen-bond acceptors (Lipinski definition) is 4. The van der Waals surface area contributed by atoms with E-state index in [4.69, 9.17) is 16.3 Å². The Morgan fingerprint density at radius 1 is 1.12 bits per heavy atom. The molecule has 2 aromatic carbocycles. The van der Waals surface area contributed by atoms with Gasteiger partial charge in [-0.1, -0.05) is 35.9 Å². The van der Waals surface area contributed by atoms with Crippen molar-refractivity contribution in [3.63, 3.8) is 0 Å². The number of carbonyl (C=O) groups excluding carboxylic acids is 1. The average Bonchev–Trinajstić information content (AvgIpc) is 3.35. The number of benzene rings is 2. The summed E-state index contributed by atoms with van der Waals surface area (Å²) in [5.41, 5.74) is 3.80. The topological polar surface area (TPSA) is 93.5 Å². The van der Waals surface area contributed by atoms with Gasteiger partial charge in [0.1, 0.15) is 10.8 Å². The highest BCUT2D eigenvalue weighted by atomic mass is 35.5. The van der Waals surface area contributed by atoms with Gasteiger partial charge in [0.15, 0.2) is 0 Å². The molecule has 1 spiro atoms. The fourth-order valence-corrected chi connectivity index (χ4v) is 6.69. The first kappa shape index (κ1) is 26.3. The highest BCUT2D eigenvalue weighted by Crippen LogP contribution is 2.58. The van der Waals surface area contributed by atoms with Crippen molar-refractivity contribution >= 4 is 34.4 Å². The van der Waals surface area contributed by atoms with Crippen LogP contribution in [0.15, 0.2) is 60.9 Å². The van der Waals surface area contributed by atoms with Crippen LogP contribution >= 0.6 is 11.6 Å². The van der Waals surface area contributed by atoms with E-state index < -0.39 is 5.97 Å². The van der Waals surface area contributed by atoms with Crippen LogP contribution < -0.4 is 10.1 Å². The van der Waals surface area contributed by atoms with Gasteiger partial charge in [-0.15, -0.1) is 0 Å². The van der Waals surface area contributed by atoms with Gasteiger partial charge < -0.3 is 19.7 Å². The molecule has 1 atom stereocenters. The second-order valence-corrected chi connectivity index (χ2v) is 11.5. The molecule has 0 saturated heterocycles. The van der Waals surface area contributed by atoms with Gasteiger partial charge in [-0.2, -0.15) is 0 Å². The average molecular weight is 562 g/mol. The number of fused-ring (bicyclic) bond motifs is 1. The van der Waals surface area contributed by atoms with Crippen molar-refractivity contribution in [1.82, 2.24) is 14.9 Å². The van der Waals surface area contributed by atoms with Gasteiger partial charge in [-0.05, 0) is 73.4 Å². The molecule has 40 heavy (non-hydrogen) atoms. The highest BCUT2D eigenvalue weighted by molar-refractivity contribution is 6.32. The van der Waals surface area contributed by atoms with E-state index in [0.717, 1.165) is 29.5 Å². The quantitative estimate of drug-likeness (QED) is 0.269. The van der Waals surface area contributed by atoms with Crippen LogP contribution in [0.2, 0.25) is 5.02 Å². The predicted octanol–water partition coefficient (Wildman–Crippen LogP) is 6.49. The maximum atomic E-state index is 14.8. The number of pyridine rings is 1. The summed E-state index contributed by atoms with van der Waals surface area (Å²) in [5.74, 6) is -1.26. The van der Waals surface area contributed by atoms with Gasteiger partial charge in [0.05, 0.1) is 30.1 Å². The van der Waals surface area contributed by atoms with Gasteiger partial charge in [0.2, 0.25) is 5.88 Å². The summed E-state index contributed by atoms with van der Waals surface area (Å²) in [6.45, 7) is 2.01. The van der Waals surface area contributed by atoms with Crippen LogP contribution in [0.4, 0.5) is 4.39 Å². The van der Waals surface area contributed by atoms with Crippen molar-refractivity contribution in [3.05, 3.63) is 82.9 Å². The standard InChI is InChI=1S/C31H29ClFN3O4/c1-17(18-3-5-19(6-4-18)20-11-25(32)29(40-2)34-16-20)36-10-9-23-26(33)8-7-24(27(23)36)28(37)35-22-14-31(15-22)12-21(13-31)30(38)39/h3-11,16-17,21-22H,12-15H2,1-2H3,(H,35,37)(H,38,39)/t17-,21?,22?,31?/m0/s1. The lowest BCUT2D eigenvalue weighted by atomic mass is 9.50. The third kappa shape index (κ3) is 4.50. The molecule has 0 unspecified atom stereocenters. The van der Waals surface area contributed by atoms with E-state index in [-0.39, 0.29) is 35.1 Å². The van der Waals surface area contributed by atoms with Gasteiger partial charge >= 0.3 is 5.97 Å². The molecule has 2 fully saturated rings. The Morgan fingerprint density at radius 2 is 1.85 bits per heavy atom. The lowest BCUT2D eigenvalue weighted by molar-refractivity contribution is -0.155. The molecule has 2 heterocycles. The molecule has 2 aromatic heterocycles. The first-order chi connectivity index (χ1) is 19.2. The molecule has 1 amide bonds. The molecule has 2 aliphatic rings. The van der Waals surface area contributed by atoms with Gasteiger partial charge in [0.25, 0.3) is 5.91 Å². The number of nitrogens with zero attached hydrogens (tertiary/aromatic N) is 2. The summed E-state index contributed by atoms with van der Waals surface area (Å²) in [6, 6.07) is 14.2. The van der Waals surface area contributed by atoms with Gasteiger partial charge in [0, 0.05) is 29.4 Å². The van der Waals surface area contributed by atoms with Crippen LogP contribution in [0.5, 0.6) is 5.88 Å². The lowest BCUT2D eigenvalue weighted by Gasteiger charge is -2.56. The van der Waals surface area contributed by atoms with E-state index in [1.807, 2.05) is 42.0 Å². The zero-order valence-electron chi connectivity index (χ0n) is 22.2. The first-order valence-electron chi connectivity index (χ1n) is 13.3. The van der Waals surface area contributed by atoms with Crippen molar-refractivity contribution in [3.8, 4) is 17.0 Å². The fourth-order valence-electron chi connectivity index (χ4n) is 6.45. The van der Waals surface area contributed by atoms with E-state index in [2.05, 4.69) is 10.3 Å². The Bertz CT molecular complexity index is 1620. The summed E-state index contributed by atoms with van der Waals surface area (Å²) in [4.78, 5) is 28.8. The van der Waals surface area contributed by atoms with Crippen LogP contribution in [0.25, 0.3) is 22.0 Å². The number of aromatic nitrogens is 2. The van der Waals surface area contributed by atoms with E-state index in [1.165, 1.54) is 19.2 Å². The number of halogens is 2. The maximum Gasteiger partial charge on any atom is 0.306 e. The van der Waals surface area contributed by atoms with Crippen molar-refractivity contribution < 1.29 is 23.8 Å². The molecule has 2 aliphatic carbocycles. The second kappa shape index (κ2) is 9.93. The number of methoxy groups -OCH3 is 1. The van der Waals surface area contributed by atoms with Crippen molar-refractivity contribution in [2.24, 2.45) is 11.3 Å². The first-order valence-corrected chi connectivity index (χ1v) is 13.7. The van der Waals surface area contributed by atoms with Crippen LogP contribution in [0.1, 0.15) is 54.6 Å². The Balaban J connectivity index is 1.22. The zero-order chi connectivity index (χ0) is 28.2. The number of hydrogen-bond donors (Lipinski definition) is 2. The number of nitrogens with one attached hydrogen (secondary N) is 1. The molecule has 9 heteroatoms. The SMILES string of the molecule is COc1ncc(-c2ccc([C@H](C)n3ccc4c(F)ccc(C(=O)NC5CC6(C5)CC(C(=O)O)C6)c43)cc2)cc1Cl. The minimum Gasteiger partial charge on any atom is -0.481 e. The van der Waals surface area contributed by atoms with Gasteiger partial charge in [-0.3, -0.25) is 9.59 Å². The molecular formula is C31H29ClFN3O4. The fraction of sp³-hybridized carbons (Fsp3) is 0.323. The lowest BCUT2D eigenvalue weighted by Crippen LogP contribution is -2.57. The summed E-state index contributed by atoms with van der Waals surface area (Å²) in [6.07, 6.45) is 6.44. The summed E-state index contributed by atoms with van der Waals surface area (Å²) in [5, 5.41) is 13.1. The Kier molecular flexibility index (Phi) is 6.53. The molecule has 0 aliphatic heterocycles. The normalized spacial score (nSPS) is 22.4. The maximum absolute atomic E-state index is 14.8. The molecule has 2 saturated carbocycles. The third-order valence-corrected chi connectivity index (χ3v) is 8.89. The number of rotatable bonds is 7. The molecule has 206 valence electrons. The monoisotopic (exact) mass is 561 g/mol. The smallest absolute Gasteiger partial charge is 0.306 e. The number of carbonyl (C=O) groups is 2. The Labute approximate surface area is 235 Å². The number of ether oxygens (including phenoxy) is 1. The Hall–Kier alpha value is -3.91. The molecule has 2 N–H and O–H groups in total. The van der Waals surface area contributed by atoms with Gasteiger partial charge in [-0.25, -0.2) is 9.37 Å². The minimum atomic E-state index is -0.738. The third-order valence-electron chi connectivity index (χ3n) is 8.62. The molecule has 7 nitrogen and oxygen atoms in total. The number of amides is 1. The van der Waals surface area contributed by atoms with Crippen molar-refractivity contribution in [1.29, 1.82) is 0 Å². The second-order valence-electron chi connectivity index (χ2n) is 11.1. The van der Waals surface area contributed by atoms with E-state index in [0.29, 0.717) is 40.2 Å². The largest absolute Gasteiger partial charge is 0.481 e. The van der Waals surface area contributed by atoms with E-state index in [1.54, 1.807) is 18.3 Å². The van der Waals surface area contributed by atoms with Crippen molar-refractivity contribution in [2.75, 3.05) is 7.11 Å². The van der Waals surface area contributed by atoms with E-state index >= 15 is 0 Å². The molecule has 4 aromatic rings. The van der Waals surface area contributed by atoms with Crippen LogP contribution in [0, 0.1) is 17.2 Å².